The Bertz CT molecular complexity index is 472. The van der Waals surface area contributed by atoms with Crippen molar-refractivity contribution in [2.75, 3.05) is 0 Å². The quantitative estimate of drug-likeness (QED) is 0.740. The molecule has 0 unspecified atom stereocenters. The Balaban J connectivity index is 2.51. The van der Waals surface area contributed by atoms with E-state index in [1.165, 1.54) is 15.6 Å². The van der Waals surface area contributed by atoms with Gasteiger partial charge in [-0.25, -0.2) is 0 Å². The second kappa shape index (κ2) is 4.42. The van der Waals surface area contributed by atoms with Crippen molar-refractivity contribution in [3.8, 4) is 0 Å². The van der Waals surface area contributed by atoms with E-state index < -0.39 is 0 Å². The molecule has 0 aliphatic rings. The molecule has 2 aromatic carbocycles. The fourth-order valence-electron chi connectivity index (χ4n) is 1.98. The first-order valence-corrected chi connectivity index (χ1v) is 6.22. The molecule has 0 bridgehead atoms. The molecule has 0 radical (unpaired) electrons. The maximum atomic E-state index is 3.63. The van der Waals surface area contributed by atoms with Crippen molar-refractivity contribution in [3.63, 3.8) is 0 Å². The summed E-state index contributed by atoms with van der Waals surface area (Å²) >= 11 is 3.63. The van der Waals surface area contributed by atoms with E-state index in [0.717, 1.165) is 0 Å². The molecule has 0 heterocycles. The summed E-state index contributed by atoms with van der Waals surface area (Å²) in [5, 5.41) is 0. The number of halogens is 1. The summed E-state index contributed by atoms with van der Waals surface area (Å²) in [6.45, 7) is 4.50. The molecule has 2 aromatic rings. The summed E-state index contributed by atoms with van der Waals surface area (Å²) in [6.07, 6.45) is 0. The van der Waals surface area contributed by atoms with Crippen molar-refractivity contribution in [2.24, 2.45) is 0 Å². The minimum atomic E-state index is 0.0291. The smallest absolute Gasteiger partial charge is 0.0216 e. The maximum absolute atomic E-state index is 3.63. The number of hydrogen-bond donors (Lipinski definition) is 0. The van der Waals surface area contributed by atoms with Crippen LogP contribution in [-0.4, -0.2) is 0 Å². The summed E-state index contributed by atoms with van der Waals surface area (Å²) in [5.74, 6) is 0. The standard InChI is InChI=1S/C15H15Br/c1-15(2,12-8-4-3-5-9-12)13-10-6-7-11-14(13)16/h3-11H,1-2H3. The molecule has 0 aliphatic carbocycles. The monoisotopic (exact) mass is 274 g/mol. The SMILES string of the molecule is CC(C)(c1ccccc1)c1ccccc1Br. The van der Waals surface area contributed by atoms with Crippen molar-refractivity contribution >= 4 is 15.9 Å². The van der Waals surface area contributed by atoms with Crippen LogP contribution < -0.4 is 0 Å². The zero-order valence-electron chi connectivity index (χ0n) is 9.57. The molecule has 1 heteroatoms. The summed E-state index contributed by atoms with van der Waals surface area (Å²) in [7, 11) is 0. The Morgan fingerprint density at radius 2 is 1.38 bits per heavy atom. The number of rotatable bonds is 2. The second-order valence-corrected chi connectivity index (χ2v) is 5.33. The van der Waals surface area contributed by atoms with Crippen LogP contribution in [0.1, 0.15) is 25.0 Å². The Morgan fingerprint density at radius 3 is 2.00 bits per heavy atom. The largest absolute Gasteiger partial charge is 0.0622 e. The second-order valence-electron chi connectivity index (χ2n) is 4.47. The average molecular weight is 275 g/mol. The van der Waals surface area contributed by atoms with Crippen LogP contribution in [-0.2, 0) is 5.41 Å². The summed E-state index contributed by atoms with van der Waals surface area (Å²) < 4.78 is 1.17. The van der Waals surface area contributed by atoms with Gasteiger partial charge in [-0.1, -0.05) is 78.3 Å². The van der Waals surface area contributed by atoms with E-state index in [4.69, 9.17) is 0 Å². The summed E-state index contributed by atoms with van der Waals surface area (Å²) in [4.78, 5) is 0. The van der Waals surface area contributed by atoms with Crippen LogP contribution in [0.15, 0.2) is 59.1 Å². The molecule has 0 atom stereocenters. The minimum Gasteiger partial charge on any atom is -0.0622 e. The van der Waals surface area contributed by atoms with Gasteiger partial charge < -0.3 is 0 Å². The topological polar surface area (TPSA) is 0 Å². The van der Waals surface area contributed by atoms with Crippen molar-refractivity contribution in [1.29, 1.82) is 0 Å². The number of hydrogen-bond acceptors (Lipinski definition) is 0. The van der Waals surface area contributed by atoms with E-state index >= 15 is 0 Å². The molecule has 0 nitrogen and oxygen atoms in total. The van der Waals surface area contributed by atoms with Crippen LogP contribution in [0.5, 0.6) is 0 Å². The lowest BCUT2D eigenvalue weighted by molar-refractivity contribution is 0.637. The van der Waals surface area contributed by atoms with E-state index in [9.17, 15) is 0 Å². The van der Waals surface area contributed by atoms with Crippen LogP contribution in [0.4, 0.5) is 0 Å². The Kier molecular flexibility index (Phi) is 3.15. The van der Waals surface area contributed by atoms with Crippen molar-refractivity contribution < 1.29 is 0 Å². The molecular weight excluding hydrogens is 260 g/mol. The molecule has 0 amide bonds. The van der Waals surface area contributed by atoms with Gasteiger partial charge in [0.15, 0.2) is 0 Å². The van der Waals surface area contributed by atoms with Crippen LogP contribution >= 0.6 is 15.9 Å². The first-order chi connectivity index (χ1) is 7.62. The molecule has 0 N–H and O–H groups in total. The van der Waals surface area contributed by atoms with Crippen molar-refractivity contribution in [3.05, 3.63) is 70.2 Å². The van der Waals surface area contributed by atoms with Gasteiger partial charge in [-0.05, 0) is 17.2 Å². The highest BCUT2D eigenvalue weighted by molar-refractivity contribution is 9.10. The average Bonchev–Trinajstić information content (AvgIpc) is 2.30. The molecule has 0 saturated heterocycles. The molecule has 16 heavy (non-hydrogen) atoms. The van der Waals surface area contributed by atoms with Gasteiger partial charge in [0.05, 0.1) is 0 Å². The Morgan fingerprint density at radius 1 is 0.812 bits per heavy atom. The fraction of sp³-hybridized carbons (Fsp3) is 0.200. The Labute approximate surface area is 105 Å². The third-order valence-corrected chi connectivity index (χ3v) is 3.73. The van der Waals surface area contributed by atoms with Crippen LogP contribution in [0.2, 0.25) is 0 Å². The van der Waals surface area contributed by atoms with Gasteiger partial charge in [0.1, 0.15) is 0 Å². The highest BCUT2D eigenvalue weighted by Crippen LogP contribution is 2.35. The van der Waals surface area contributed by atoms with Gasteiger partial charge in [0, 0.05) is 9.89 Å². The molecule has 0 saturated carbocycles. The lowest BCUT2D eigenvalue weighted by Gasteiger charge is -2.27. The molecule has 0 spiro atoms. The van der Waals surface area contributed by atoms with E-state index in [0.29, 0.717) is 0 Å². The maximum Gasteiger partial charge on any atom is 0.0216 e. The van der Waals surface area contributed by atoms with Gasteiger partial charge in [0.25, 0.3) is 0 Å². The van der Waals surface area contributed by atoms with Crippen molar-refractivity contribution in [2.45, 2.75) is 19.3 Å². The van der Waals surface area contributed by atoms with Crippen LogP contribution in [0.25, 0.3) is 0 Å². The van der Waals surface area contributed by atoms with Crippen molar-refractivity contribution in [1.82, 2.24) is 0 Å². The highest BCUT2D eigenvalue weighted by atomic mass is 79.9. The highest BCUT2D eigenvalue weighted by Gasteiger charge is 2.24. The lowest BCUT2D eigenvalue weighted by atomic mass is 9.78. The molecule has 0 aromatic heterocycles. The molecule has 2 rings (SSSR count). The summed E-state index contributed by atoms with van der Waals surface area (Å²) in [5.41, 5.74) is 2.68. The summed E-state index contributed by atoms with van der Waals surface area (Å²) in [6, 6.07) is 19.0. The number of benzene rings is 2. The predicted molar refractivity (Wildman–Crippen MR) is 72.7 cm³/mol. The van der Waals surface area contributed by atoms with Gasteiger partial charge in [-0.2, -0.15) is 0 Å². The normalized spacial score (nSPS) is 11.4. The third kappa shape index (κ3) is 2.05. The molecule has 0 aliphatic heterocycles. The van der Waals surface area contributed by atoms with Crippen LogP contribution in [0.3, 0.4) is 0 Å². The van der Waals surface area contributed by atoms with E-state index in [1.54, 1.807) is 0 Å². The molecule has 0 fully saturated rings. The first kappa shape index (κ1) is 11.4. The molecule has 82 valence electrons. The van der Waals surface area contributed by atoms with E-state index in [2.05, 4.69) is 84.4 Å². The van der Waals surface area contributed by atoms with Gasteiger partial charge >= 0.3 is 0 Å². The first-order valence-electron chi connectivity index (χ1n) is 5.43. The van der Waals surface area contributed by atoms with Gasteiger partial charge in [-0.15, -0.1) is 0 Å². The lowest BCUT2D eigenvalue weighted by Crippen LogP contribution is -2.19. The minimum absolute atomic E-state index is 0.0291. The zero-order chi connectivity index (χ0) is 11.6. The third-order valence-electron chi connectivity index (χ3n) is 3.04. The van der Waals surface area contributed by atoms with E-state index in [-0.39, 0.29) is 5.41 Å². The van der Waals surface area contributed by atoms with Crippen LogP contribution in [0, 0.1) is 0 Å². The zero-order valence-corrected chi connectivity index (χ0v) is 11.2. The predicted octanol–water partition coefficient (Wildman–Crippen LogP) is 4.78. The molecular formula is C15H15Br. The van der Waals surface area contributed by atoms with Gasteiger partial charge in [0.2, 0.25) is 0 Å². The Hall–Kier alpha value is -1.08. The fourth-order valence-corrected chi connectivity index (χ4v) is 2.76. The van der Waals surface area contributed by atoms with Gasteiger partial charge in [-0.3, -0.25) is 0 Å². The van der Waals surface area contributed by atoms with E-state index in [1.807, 2.05) is 0 Å².